The molecule has 3 fully saturated rings. The van der Waals surface area contributed by atoms with E-state index in [1.165, 1.54) is 0 Å². The number of unbranched alkanes of at least 4 members (excludes halogenated alkanes) is 1. The lowest BCUT2D eigenvalue weighted by Gasteiger charge is -2.42. The van der Waals surface area contributed by atoms with E-state index < -0.39 is 28.7 Å². The Morgan fingerprint density at radius 1 is 1.14 bits per heavy atom. The Labute approximate surface area is 252 Å². The quantitative estimate of drug-likeness (QED) is 0.206. The first-order valence-corrected chi connectivity index (χ1v) is 15.6. The van der Waals surface area contributed by atoms with Gasteiger partial charge in [-0.05, 0) is 36.3 Å². The van der Waals surface area contributed by atoms with E-state index in [2.05, 4.69) is 20.1 Å². The van der Waals surface area contributed by atoms with Crippen LogP contribution in [0.1, 0.15) is 43.4 Å². The van der Waals surface area contributed by atoms with Gasteiger partial charge in [0.05, 0.1) is 35.8 Å². The zero-order valence-electron chi connectivity index (χ0n) is 24.1. The molecule has 0 saturated carbocycles. The van der Waals surface area contributed by atoms with Crippen molar-refractivity contribution < 1.29 is 24.2 Å². The largest absolute Gasteiger partial charge is 0.465 e. The molecule has 2 amide bonds. The molecule has 42 heavy (non-hydrogen) atoms. The van der Waals surface area contributed by atoms with Crippen molar-refractivity contribution in [3.8, 4) is 0 Å². The maximum absolute atomic E-state index is 14.8. The van der Waals surface area contributed by atoms with Crippen molar-refractivity contribution in [3.63, 3.8) is 0 Å². The molecule has 7 atom stereocenters. The monoisotopic (exact) mass is 588 g/mol. The zero-order chi connectivity index (χ0) is 29.9. The minimum atomic E-state index is -0.861. The number of carbonyl (C=O) groups excluding carboxylic acids is 3. The number of benzene rings is 2. The second-order valence-corrected chi connectivity index (χ2v) is 13.0. The Morgan fingerprint density at radius 2 is 1.83 bits per heavy atom. The highest BCUT2D eigenvalue weighted by Gasteiger charge is 2.77. The summed E-state index contributed by atoms with van der Waals surface area (Å²) in [5, 5.41) is 10.6. The van der Waals surface area contributed by atoms with Crippen LogP contribution in [-0.4, -0.2) is 68.5 Å². The summed E-state index contributed by atoms with van der Waals surface area (Å²) in [6.07, 6.45) is 5.61. The fourth-order valence-electron chi connectivity index (χ4n) is 7.23. The number of allylic oxidation sites excluding steroid dienone is 1. The van der Waals surface area contributed by atoms with E-state index in [9.17, 15) is 19.5 Å². The van der Waals surface area contributed by atoms with E-state index in [1.807, 2.05) is 60.7 Å². The van der Waals surface area contributed by atoms with Gasteiger partial charge in [-0.3, -0.25) is 14.4 Å². The van der Waals surface area contributed by atoms with Crippen molar-refractivity contribution >= 4 is 29.5 Å². The maximum Gasteiger partial charge on any atom is 0.310 e. The molecule has 5 rings (SSSR count). The predicted molar refractivity (Wildman–Crippen MR) is 164 cm³/mol. The van der Waals surface area contributed by atoms with Crippen LogP contribution in [0.5, 0.6) is 0 Å². The van der Waals surface area contributed by atoms with Crippen LogP contribution in [0.25, 0.3) is 0 Å². The molecule has 2 aromatic rings. The Morgan fingerprint density at radius 3 is 2.48 bits per heavy atom. The molecule has 7 nitrogen and oxygen atoms in total. The number of amides is 2. The third-order valence-electron chi connectivity index (χ3n) is 9.06. The first-order chi connectivity index (χ1) is 20.4. The van der Waals surface area contributed by atoms with E-state index in [-0.39, 0.29) is 42.2 Å². The number of carbonyl (C=O) groups is 3. The minimum Gasteiger partial charge on any atom is -0.465 e. The van der Waals surface area contributed by atoms with Gasteiger partial charge in [-0.2, -0.15) is 0 Å². The summed E-state index contributed by atoms with van der Waals surface area (Å²) >= 11 is 1.61. The van der Waals surface area contributed by atoms with Gasteiger partial charge < -0.3 is 19.6 Å². The Balaban J connectivity index is 1.57. The van der Waals surface area contributed by atoms with E-state index in [4.69, 9.17) is 4.74 Å². The van der Waals surface area contributed by atoms with E-state index >= 15 is 0 Å². The molecule has 3 saturated heterocycles. The molecular weight excluding hydrogens is 548 g/mol. The molecule has 2 aromatic carbocycles. The number of esters is 1. The van der Waals surface area contributed by atoms with Crippen LogP contribution < -0.4 is 0 Å². The molecule has 8 heteroatoms. The van der Waals surface area contributed by atoms with Crippen LogP contribution in [0.2, 0.25) is 0 Å². The summed E-state index contributed by atoms with van der Waals surface area (Å²) in [5.41, 5.74) is 1.72. The number of thioether (sulfide) groups is 1. The van der Waals surface area contributed by atoms with Crippen LogP contribution in [0.15, 0.2) is 86.0 Å². The van der Waals surface area contributed by atoms with Crippen molar-refractivity contribution in [2.45, 2.75) is 54.8 Å². The summed E-state index contributed by atoms with van der Waals surface area (Å²) in [6.45, 7) is 10.3. The first-order valence-electron chi connectivity index (χ1n) is 14.8. The molecule has 1 N–H and O–H groups in total. The molecule has 2 bridgehead atoms. The fraction of sp³-hybridized carbons (Fsp3) is 0.441. The van der Waals surface area contributed by atoms with Crippen molar-refractivity contribution in [1.29, 1.82) is 0 Å². The maximum atomic E-state index is 14.8. The zero-order valence-corrected chi connectivity index (χ0v) is 25.0. The summed E-state index contributed by atoms with van der Waals surface area (Å²) in [5.74, 6) is -2.17. The van der Waals surface area contributed by atoms with Crippen LogP contribution in [-0.2, 0) is 25.7 Å². The third kappa shape index (κ3) is 5.20. The molecule has 3 aliphatic rings. The van der Waals surface area contributed by atoms with E-state index in [0.29, 0.717) is 25.9 Å². The number of nitrogens with zero attached hydrogens (tertiary/aromatic N) is 2. The van der Waals surface area contributed by atoms with Crippen LogP contribution in [0, 0.1) is 17.8 Å². The normalized spacial score (nSPS) is 28.3. The number of rotatable bonds is 13. The van der Waals surface area contributed by atoms with Gasteiger partial charge in [0.2, 0.25) is 11.8 Å². The average Bonchev–Trinajstić information content (AvgIpc) is 3.60. The second-order valence-electron chi connectivity index (χ2n) is 11.5. The molecule has 222 valence electrons. The number of likely N-dealkylation sites (tertiary alicyclic amines) is 1. The Bertz CT molecular complexity index is 1300. The summed E-state index contributed by atoms with van der Waals surface area (Å²) < 4.78 is 4.89. The molecule has 3 unspecified atom stereocenters. The SMILES string of the molecule is C=CCCCOC(=O)[C@@H]1[C@@H]2CC(C)C3(S2)C(C(=O)N(CC=C)Cc2ccccc2)N([C@H](CO)c2ccccc2)C(=O)[C@H]13. The van der Waals surface area contributed by atoms with Gasteiger partial charge in [-0.25, -0.2) is 0 Å². The summed E-state index contributed by atoms with van der Waals surface area (Å²) in [6, 6.07) is 17.5. The molecular formula is C34H40N2O5S. The standard InChI is InChI=1S/C34H40N2O5S/c1-4-6-13-19-41-33(40)28-27-20-23(3)34(42-27)29(28)31(38)36(26(22-37)25-16-11-8-12-17-25)30(34)32(39)35(18-5-2)21-24-14-9-7-10-15-24/h4-5,7-12,14-17,23,26-30,37H,1-2,6,13,18-22H2,3H3/t23?,26-,27+,28-,29+,30?,34?/m1/s1. The van der Waals surface area contributed by atoms with Gasteiger partial charge in [0.25, 0.3) is 0 Å². The molecule has 0 aromatic heterocycles. The van der Waals surface area contributed by atoms with Gasteiger partial charge in [0.15, 0.2) is 0 Å². The lowest BCUT2D eigenvalue weighted by atomic mass is 9.66. The molecule has 3 heterocycles. The van der Waals surface area contributed by atoms with Gasteiger partial charge in [-0.15, -0.1) is 24.9 Å². The molecule has 0 aliphatic carbocycles. The van der Waals surface area contributed by atoms with Gasteiger partial charge >= 0.3 is 5.97 Å². The Hall–Kier alpha value is -3.36. The van der Waals surface area contributed by atoms with Gasteiger partial charge in [0.1, 0.15) is 6.04 Å². The second kappa shape index (κ2) is 12.9. The molecule has 3 aliphatic heterocycles. The average molecular weight is 589 g/mol. The smallest absolute Gasteiger partial charge is 0.310 e. The number of fused-ring (bicyclic) bond motifs is 1. The van der Waals surface area contributed by atoms with E-state index in [0.717, 1.165) is 17.5 Å². The van der Waals surface area contributed by atoms with Crippen molar-refractivity contribution in [2.75, 3.05) is 19.8 Å². The fourth-order valence-corrected chi connectivity index (χ4v) is 9.62. The number of aliphatic hydroxyl groups is 1. The van der Waals surface area contributed by atoms with Gasteiger partial charge in [-0.1, -0.05) is 79.7 Å². The van der Waals surface area contributed by atoms with Crippen molar-refractivity contribution in [3.05, 3.63) is 97.1 Å². The summed E-state index contributed by atoms with van der Waals surface area (Å²) in [4.78, 5) is 46.3. The molecule has 1 spiro atoms. The highest BCUT2D eigenvalue weighted by molar-refractivity contribution is 8.02. The van der Waals surface area contributed by atoms with Gasteiger partial charge in [0, 0.05) is 18.3 Å². The van der Waals surface area contributed by atoms with Crippen molar-refractivity contribution in [2.24, 2.45) is 17.8 Å². The molecule has 0 radical (unpaired) electrons. The van der Waals surface area contributed by atoms with E-state index in [1.54, 1.807) is 33.7 Å². The van der Waals surface area contributed by atoms with Crippen LogP contribution >= 0.6 is 11.8 Å². The highest BCUT2D eigenvalue weighted by atomic mass is 32.2. The lowest BCUT2D eigenvalue weighted by molar-refractivity contribution is -0.155. The number of hydrogen-bond acceptors (Lipinski definition) is 6. The number of ether oxygens (including phenoxy) is 1. The minimum absolute atomic E-state index is 0.00244. The number of hydrogen-bond donors (Lipinski definition) is 1. The Kier molecular flexibility index (Phi) is 9.23. The predicted octanol–water partition coefficient (Wildman–Crippen LogP) is 4.78. The number of aliphatic hydroxyl groups excluding tert-OH is 1. The van der Waals surface area contributed by atoms with Crippen LogP contribution in [0.3, 0.4) is 0 Å². The van der Waals surface area contributed by atoms with Crippen LogP contribution in [0.4, 0.5) is 0 Å². The third-order valence-corrected chi connectivity index (χ3v) is 11.1. The summed E-state index contributed by atoms with van der Waals surface area (Å²) in [7, 11) is 0. The topological polar surface area (TPSA) is 87.2 Å². The lowest BCUT2D eigenvalue weighted by Crippen LogP contribution is -2.57. The van der Waals surface area contributed by atoms with Crippen molar-refractivity contribution in [1.82, 2.24) is 9.80 Å². The highest BCUT2D eigenvalue weighted by Crippen LogP contribution is 2.69. The first kappa shape index (κ1) is 30.1.